The molecule has 0 aliphatic carbocycles. The van der Waals surface area contributed by atoms with Gasteiger partial charge >= 0.3 is 10.4 Å². The van der Waals surface area contributed by atoms with Gasteiger partial charge in [0.15, 0.2) is 0 Å². The molecule has 0 aromatic rings. The molecule has 1 heterocycles. The summed E-state index contributed by atoms with van der Waals surface area (Å²) in [6, 6.07) is 0. The molecule has 1 aliphatic rings. The highest BCUT2D eigenvalue weighted by molar-refractivity contribution is 7.80. The van der Waals surface area contributed by atoms with Crippen molar-refractivity contribution in [1.82, 2.24) is 5.06 Å². The quantitative estimate of drug-likeness (QED) is 0.740. The molecular weight excluding hydrogens is 298 g/mol. The third-order valence-corrected chi connectivity index (χ3v) is 3.87. The topological polar surface area (TPSA) is 96.3 Å². The van der Waals surface area contributed by atoms with E-state index in [9.17, 15) is 13.5 Å². The Balaban J connectivity index is 2.88. The monoisotopic (exact) mass is 325 g/mol. The number of hydrogen-bond acceptors (Lipinski definition) is 6. The molecule has 0 bridgehead atoms. The van der Waals surface area contributed by atoms with Crippen molar-refractivity contribution in [3.8, 4) is 0 Å². The van der Waals surface area contributed by atoms with Crippen LogP contribution in [0.15, 0.2) is 0 Å². The number of rotatable bonds is 5. The highest BCUT2D eigenvalue weighted by atomic mass is 32.3. The van der Waals surface area contributed by atoms with Gasteiger partial charge in [-0.25, -0.2) is 4.18 Å². The van der Waals surface area contributed by atoms with E-state index in [1.165, 1.54) is 0 Å². The van der Waals surface area contributed by atoms with E-state index in [2.05, 4.69) is 0 Å². The fraction of sp³-hybridized carbons (Fsp3) is 1.00. The summed E-state index contributed by atoms with van der Waals surface area (Å²) in [5, 5.41) is 11.6. The van der Waals surface area contributed by atoms with Crippen LogP contribution in [0.4, 0.5) is 0 Å². The molecule has 1 fully saturated rings. The van der Waals surface area contributed by atoms with Gasteiger partial charge in [-0.1, -0.05) is 0 Å². The Hall–Kier alpha value is -0.250. The van der Waals surface area contributed by atoms with Crippen LogP contribution in [0.5, 0.6) is 0 Å². The summed E-state index contributed by atoms with van der Waals surface area (Å²) in [4.78, 5) is 5.77. The number of nitrogens with zero attached hydrogens (tertiary/aromatic N) is 1. The lowest BCUT2D eigenvalue weighted by Gasteiger charge is -2.53. The minimum absolute atomic E-state index is 0.129. The van der Waals surface area contributed by atoms with Gasteiger partial charge in [-0.3, -0.25) is 9.39 Å². The Kier molecular flexibility index (Phi) is 5.15. The average molecular weight is 325 g/mol. The van der Waals surface area contributed by atoms with Gasteiger partial charge in [0.1, 0.15) is 0 Å². The molecule has 0 saturated carbocycles. The Morgan fingerprint density at radius 2 is 1.62 bits per heavy atom. The third kappa shape index (κ3) is 5.80. The molecule has 1 rings (SSSR count). The summed E-state index contributed by atoms with van der Waals surface area (Å²) < 4.78 is 35.4. The maximum atomic E-state index is 10.9. The van der Waals surface area contributed by atoms with E-state index in [-0.39, 0.29) is 6.61 Å². The van der Waals surface area contributed by atoms with Crippen molar-refractivity contribution in [2.75, 3.05) is 6.61 Å². The molecule has 1 saturated heterocycles. The molecule has 0 unspecified atom stereocenters. The Bertz CT molecular complexity index is 448. The molecular formula is C13H27NO6S. The minimum atomic E-state index is -4.48. The summed E-state index contributed by atoms with van der Waals surface area (Å²) >= 11 is 0. The zero-order chi connectivity index (χ0) is 16.7. The Morgan fingerprint density at radius 3 is 1.95 bits per heavy atom. The highest BCUT2D eigenvalue weighted by Crippen LogP contribution is 2.40. The zero-order valence-electron chi connectivity index (χ0n) is 13.6. The summed E-state index contributed by atoms with van der Waals surface area (Å²) in [5.74, 6) is 0. The Labute approximate surface area is 127 Å². The minimum Gasteiger partial charge on any atom is -0.388 e. The summed E-state index contributed by atoms with van der Waals surface area (Å²) in [6.45, 7) is 11.0. The van der Waals surface area contributed by atoms with Crippen molar-refractivity contribution in [2.45, 2.75) is 77.2 Å². The first-order valence-corrected chi connectivity index (χ1v) is 8.30. The van der Waals surface area contributed by atoms with Gasteiger partial charge in [-0.15, -0.1) is 0 Å². The second-order valence-corrected chi connectivity index (χ2v) is 8.61. The first-order chi connectivity index (χ1) is 9.12. The smallest absolute Gasteiger partial charge is 0.388 e. The van der Waals surface area contributed by atoms with Crippen LogP contribution in [-0.2, 0) is 19.4 Å². The fourth-order valence-corrected chi connectivity index (χ4v) is 3.46. The molecule has 126 valence electrons. The van der Waals surface area contributed by atoms with E-state index in [1.54, 1.807) is 18.9 Å². The van der Waals surface area contributed by atoms with Crippen LogP contribution in [-0.4, -0.2) is 52.5 Å². The third-order valence-electron chi connectivity index (χ3n) is 3.36. The van der Waals surface area contributed by atoms with Crippen LogP contribution in [0, 0.1) is 0 Å². The van der Waals surface area contributed by atoms with Crippen LogP contribution >= 0.6 is 0 Å². The lowest BCUT2D eigenvalue weighted by atomic mass is 9.80. The van der Waals surface area contributed by atoms with Crippen molar-refractivity contribution in [2.24, 2.45) is 0 Å². The van der Waals surface area contributed by atoms with Crippen molar-refractivity contribution >= 4 is 10.4 Å². The molecule has 0 atom stereocenters. The van der Waals surface area contributed by atoms with E-state index >= 15 is 0 Å². The standard InChI is InChI=1S/C13H27NO6S/c1-11(2)7-10(20-21(16,17)18)8-12(3,4)14(11)19-9-13(5,6)15/h10,15H,7-9H2,1-6H3,(H,16,17,18). The van der Waals surface area contributed by atoms with Gasteiger partial charge < -0.3 is 5.11 Å². The van der Waals surface area contributed by atoms with E-state index in [4.69, 9.17) is 13.6 Å². The summed E-state index contributed by atoms with van der Waals surface area (Å²) in [7, 11) is -4.48. The molecule has 0 aromatic heterocycles. The predicted octanol–water partition coefficient (Wildman–Crippen LogP) is 1.53. The summed E-state index contributed by atoms with van der Waals surface area (Å²) in [6.07, 6.45) is 0.136. The highest BCUT2D eigenvalue weighted by Gasteiger charge is 2.48. The van der Waals surface area contributed by atoms with Crippen LogP contribution in [0.3, 0.4) is 0 Å². The predicted molar refractivity (Wildman–Crippen MR) is 77.9 cm³/mol. The first kappa shape index (κ1) is 18.8. The van der Waals surface area contributed by atoms with E-state index < -0.39 is 33.2 Å². The van der Waals surface area contributed by atoms with Crippen molar-refractivity contribution in [3.63, 3.8) is 0 Å². The molecule has 0 amide bonds. The fourth-order valence-electron chi connectivity index (χ4n) is 2.98. The number of hydrogen-bond donors (Lipinski definition) is 2. The second-order valence-electron chi connectivity index (χ2n) is 7.56. The first-order valence-electron chi connectivity index (χ1n) is 6.94. The van der Waals surface area contributed by atoms with Gasteiger partial charge in [0, 0.05) is 11.1 Å². The molecule has 0 spiro atoms. The van der Waals surface area contributed by atoms with Crippen LogP contribution in [0.25, 0.3) is 0 Å². The SMILES string of the molecule is CC(C)(O)CON1C(C)(C)CC(OS(=O)(=O)O)CC1(C)C. The average Bonchev–Trinajstić information content (AvgIpc) is 2.06. The Morgan fingerprint density at radius 1 is 1.19 bits per heavy atom. The van der Waals surface area contributed by atoms with Gasteiger partial charge in [0.25, 0.3) is 0 Å². The van der Waals surface area contributed by atoms with Crippen LogP contribution < -0.4 is 0 Å². The van der Waals surface area contributed by atoms with E-state index in [0.717, 1.165) is 0 Å². The van der Waals surface area contributed by atoms with Crippen LogP contribution in [0.1, 0.15) is 54.4 Å². The molecule has 8 heteroatoms. The van der Waals surface area contributed by atoms with Gasteiger partial charge in [0.2, 0.25) is 0 Å². The zero-order valence-corrected chi connectivity index (χ0v) is 14.4. The van der Waals surface area contributed by atoms with E-state index in [1.807, 2.05) is 27.7 Å². The van der Waals surface area contributed by atoms with Gasteiger partial charge in [0.05, 0.1) is 18.3 Å². The lowest BCUT2D eigenvalue weighted by Crippen LogP contribution is -2.62. The molecule has 1 aliphatic heterocycles. The van der Waals surface area contributed by atoms with Crippen molar-refractivity contribution in [1.29, 1.82) is 0 Å². The second kappa shape index (κ2) is 5.75. The van der Waals surface area contributed by atoms with Crippen molar-refractivity contribution in [3.05, 3.63) is 0 Å². The molecule has 7 nitrogen and oxygen atoms in total. The molecule has 0 aromatic carbocycles. The normalized spacial score (nSPS) is 24.2. The number of piperidine rings is 1. The molecule has 0 radical (unpaired) electrons. The maximum Gasteiger partial charge on any atom is 0.397 e. The molecule has 21 heavy (non-hydrogen) atoms. The van der Waals surface area contributed by atoms with Crippen LogP contribution in [0.2, 0.25) is 0 Å². The molecule has 2 N–H and O–H groups in total. The maximum absolute atomic E-state index is 10.9. The lowest BCUT2D eigenvalue weighted by molar-refractivity contribution is -0.304. The number of aliphatic hydroxyl groups is 1. The summed E-state index contributed by atoms with van der Waals surface area (Å²) in [5.41, 5.74) is -1.99. The van der Waals surface area contributed by atoms with Crippen molar-refractivity contribution < 1.29 is 27.1 Å². The number of hydroxylamine groups is 2. The van der Waals surface area contributed by atoms with E-state index in [0.29, 0.717) is 12.8 Å². The van der Waals surface area contributed by atoms with Gasteiger partial charge in [-0.2, -0.15) is 13.5 Å². The largest absolute Gasteiger partial charge is 0.397 e. The van der Waals surface area contributed by atoms with Gasteiger partial charge in [-0.05, 0) is 54.4 Å².